The van der Waals surface area contributed by atoms with E-state index in [1.807, 2.05) is 0 Å². The lowest BCUT2D eigenvalue weighted by molar-refractivity contribution is 0.570. The Labute approximate surface area is 138 Å². The number of rotatable bonds is 3. The maximum absolute atomic E-state index is 3.86. The third-order valence-corrected chi connectivity index (χ3v) is 7.97. The second-order valence-electron chi connectivity index (χ2n) is 6.22. The van der Waals surface area contributed by atoms with Crippen molar-refractivity contribution in [3.63, 3.8) is 0 Å². The van der Waals surface area contributed by atoms with Gasteiger partial charge in [-0.05, 0) is 20.8 Å². The van der Waals surface area contributed by atoms with Crippen LogP contribution in [0.25, 0.3) is 0 Å². The molecule has 0 amide bonds. The summed E-state index contributed by atoms with van der Waals surface area (Å²) in [5.41, 5.74) is 0.0400. The van der Waals surface area contributed by atoms with Crippen LogP contribution in [0.5, 0.6) is 0 Å². The molecule has 0 saturated heterocycles. The van der Waals surface area contributed by atoms with Crippen molar-refractivity contribution in [2.75, 3.05) is 0 Å². The number of benzene rings is 2. The van der Waals surface area contributed by atoms with Crippen LogP contribution < -0.4 is 10.4 Å². The summed E-state index contributed by atoms with van der Waals surface area (Å²) in [5.74, 6) is 6.83. The first-order valence-electron chi connectivity index (χ1n) is 7.24. The van der Waals surface area contributed by atoms with Gasteiger partial charge in [0.2, 0.25) is 0 Å². The first-order valence-corrected chi connectivity index (χ1v) is 9.98. The van der Waals surface area contributed by atoms with Crippen LogP contribution in [0.4, 0.5) is 0 Å². The largest absolute Gasteiger partial charge is 0.131 e. The molecule has 0 aliphatic rings. The molecule has 0 saturated carbocycles. The van der Waals surface area contributed by atoms with Gasteiger partial charge in [0.25, 0.3) is 0 Å². The van der Waals surface area contributed by atoms with Crippen molar-refractivity contribution in [1.82, 2.24) is 0 Å². The van der Waals surface area contributed by atoms with Crippen LogP contribution in [0.2, 0.25) is 0 Å². The van der Waals surface area contributed by atoms with Crippen LogP contribution in [-0.2, 0) is 0 Å². The molecule has 1 unspecified atom stereocenters. The third-order valence-electron chi connectivity index (χ3n) is 3.20. The summed E-state index contributed by atoms with van der Waals surface area (Å²) in [6, 6.07) is 21.6. The van der Waals surface area contributed by atoms with E-state index in [0.717, 1.165) is 0 Å². The minimum atomic E-state index is -1.39. The van der Waals surface area contributed by atoms with E-state index in [2.05, 4.69) is 109 Å². The Bertz CT molecular complexity index is 578. The van der Waals surface area contributed by atoms with E-state index in [9.17, 15) is 0 Å². The third kappa shape index (κ3) is 4.88. The minimum absolute atomic E-state index is 0.0400. The highest BCUT2D eigenvalue weighted by Gasteiger charge is 2.23. The van der Waals surface area contributed by atoms with Crippen LogP contribution in [0.15, 0.2) is 60.7 Å². The molecule has 108 valence electrons. The van der Waals surface area contributed by atoms with Crippen molar-refractivity contribution < 1.29 is 0 Å². The molecule has 0 aliphatic heterocycles. The number of alkyl halides is 1. The fourth-order valence-corrected chi connectivity index (χ4v) is 6.75. The molecule has 0 aliphatic carbocycles. The summed E-state index contributed by atoms with van der Waals surface area (Å²) >= 11 is 3.86. The maximum atomic E-state index is 3.86. The Morgan fingerprint density at radius 3 is 1.67 bits per heavy atom. The molecule has 2 aromatic rings. The molecule has 0 N–H and O–H groups in total. The van der Waals surface area contributed by atoms with E-state index < -0.39 is 8.80 Å². The molecular weight excluding hydrogens is 336 g/mol. The first-order chi connectivity index (χ1) is 9.97. The first kappa shape index (κ1) is 16.1. The Hall–Kier alpha value is -1.30. The molecule has 0 spiro atoms. The molecule has 2 rings (SSSR count). The highest BCUT2D eigenvalue weighted by atomic mass is 79.9. The van der Waals surface area contributed by atoms with Crippen molar-refractivity contribution in [3.8, 4) is 11.8 Å². The standard InChI is InChI=1S/C19H21BrSi/c1-19(2,3)15-14-18(20)21(16-10-6-4-7-11-16)17-12-8-5-9-13-17/h4-13,18,21H,1-3H3. The van der Waals surface area contributed by atoms with Crippen LogP contribution >= 0.6 is 15.9 Å². The second-order valence-corrected chi connectivity index (χ2v) is 11.1. The minimum Gasteiger partial charge on any atom is -0.0965 e. The van der Waals surface area contributed by atoms with E-state index in [-0.39, 0.29) is 9.87 Å². The summed E-state index contributed by atoms with van der Waals surface area (Å²) in [6.07, 6.45) is 0. The van der Waals surface area contributed by atoms with Crippen molar-refractivity contribution in [1.29, 1.82) is 0 Å². The SMILES string of the molecule is CC(C)(C)C#CC(Br)[SiH](c1ccccc1)c1ccccc1. The zero-order chi connectivity index (χ0) is 15.3. The summed E-state index contributed by atoms with van der Waals surface area (Å²) in [6.45, 7) is 6.46. The van der Waals surface area contributed by atoms with Crippen molar-refractivity contribution in [2.24, 2.45) is 5.41 Å². The van der Waals surface area contributed by atoms with Gasteiger partial charge in [0.05, 0.1) is 4.45 Å². The maximum Gasteiger partial charge on any atom is 0.131 e. The highest BCUT2D eigenvalue weighted by Crippen LogP contribution is 2.12. The van der Waals surface area contributed by atoms with Gasteiger partial charge in [-0.3, -0.25) is 0 Å². The average molecular weight is 357 g/mol. The monoisotopic (exact) mass is 356 g/mol. The average Bonchev–Trinajstić information content (AvgIpc) is 2.47. The lowest BCUT2D eigenvalue weighted by Gasteiger charge is -2.19. The lowest BCUT2D eigenvalue weighted by atomic mass is 9.98. The molecule has 0 fully saturated rings. The van der Waals surface area contributed by atoms with Crippen LogP contribution in [0.1, 0.15) is 20.8 Å². The number of hydrogen-bond donors (Lipinski definition) is 0. The fraction of sp³-hybridized carbons (Fsp3) is 0.263. The van der Waals surface area contributed by atoms with Gasteiger partial charge in [-0.2, -0.15) is 0 Å². The summed E-state index contributed by atoms with van der Waals surface area (Å²) in [7, 11) is -1.39. The van der Waals surface area contributed by atoms with Crippen molar-refractivity contribution >= 4 is 35.1 Å². The summed E-state index contributed by atoms with van der Waals surface area (Å²) in [5, 5.41) is 2.85. The van der Waals surface area contributed by atoms with Gasteiger partial charge in [-0.1, -0.05) is 98.8 Å². The van der Waals surface area contributed by atoms with Gasteiger partial charge in [-0.25, -0.2) is 0 Å². The normalized spacial score (nSPS) is 12.6. The molecule has 2 heteroatoms. The van der Waals surface area contributed by atoms with E-state index in [4.69, 9.17) is 0 Å². The van der Waals surface area contributed by atoms with E-state index in [1.54, 1.807) is 0 Å². The Balaban J connectivity index is 2.39. The van der Waals surface area contributed by atoms with Gasteiger partial charge in [0.1, 0.15) is 8.80 Å². The van der Waals surface area contributed by atoms with Gasteiger partial charge in [0.15, 0.2) is 0 Å². The fourth-order valence-electron chi connectivity index (χ4n) is 2.22. The topological polar surface area (TPSA) is 0 Å². The van der Waals surface area contributed by atoms with E-state index in [1.165, 1.54) is 10.4 Å². The van der Waals surface area contributed by atoms with Gasteiger partial charge >= 0.3 is 0 Å². The molecule has 0 aromatic heterocycles. The smallest absolute Gasteiger partial charge is 0.0965 e. The Kier molecular flexibility index (Phi) is 5.44. The second kappa shape index (κ2) is 7.11. The molecular formula is C19H21BrSi. The van der Waals surface area contributed by atoms with Crippen LogP contribution in [0.3, 0.4) is 0 Å². The molecule has 2 aromatic carbocycles. The predicted octanol–water partition coefficient (Wildman–Crippen LogP) is 3.38. The van der Waals surface area contributed by atoms with Crippen molar-refractivity contribution in [3.05, 3.63) is 60.7 Å². The summed E-state index contributed by atoms with van der Waals surface area (Å²) in [4.78, 5) is 0. The number of halogens is 1. The molecule has 0 nitrogen and oxygen atoms in total. The van der Waals surface area contributed by atoms with Crippen LogP contribution in [-0.4, -0.2) is 13.2 Å². The van der Waals surface area contributed by atoms with Crippen molar-refractivity contribution in [2.45, 2.75) is 25.2 Å². The van der Waals surface area contributed by atoms with Gasteiger partial charge in [-0.15, -0.1) is 0 Å². The lowest BCUT2D eigenvalue weighted by Crippen LogP contribution is -2.49. The predicted molar refractivity (Wildman–Crippen MR) is 99.2 cm³/mol. The number of hydrogen-bond acceptors (Lipinski definition) is 0. The van der Waals surface area contributed by atoms with Gasteiger partial charge < -0.3 is 0 Å². The molecule has 0 heterocycles. The van der Waals surface area contributed by atoms with E-state index in [0.29, 0.717) is 0 Å². The quantitative estimate of drug-likeness (QED) is 0.449. The zero-order valence-electron chi connectivity index (χ0n) is 12.8. The molecule has 0 radical (unpaired) electrons. The van der Waals surface area contributed by atoms with Gasteiger partial charge in [0, 0.05) is 5.41 Å². The van der Waals surface area contributed by atoms with Crippen LogP contribution in [0, 0.1) is 17.3 Å². The molecule has 21 heavy (non-hydrogen) atoms. The highest BCUT2D eigenvalue weighted by molar-refractivity contribution is 9.10. The Morgan fingerprint density at radius 1 is 0.857 bits per heavy atom. The summed E-state index contributed by atoms with van der Waals surface area (Å²) < 4.78 is 0.238. The molecule has 1 atom stereocenters. The van der Waals surface area contributed by atoms with E-state index >= 15 is 0 Å². The zero-order valence-corrected chi connectivity index (χ0v) is 15.5. The Morgan fingerprint density at radius 2 is 1.29 bits per heavy atom. The molecule has 0 bridgehead atoms.